The van der Waals surface area contributed by atoms with Crippen molar-refractivity contribution in [2.24, 2.45) is 39.4 Å². The van der Waals surface area contributed by atoms with Crippen LogP contribution < -0.4 is 9.47 Å². The number of benzene rings is 2. The summed E-state index contributed by atoms with van der Waals surface area (Å²) in [5.74, 6) is 0.637. The van der Waals surface area contributed by atoms with E-state index in [1.165, 1.54) is 7.11 Å². The summed E-state index contributed by atoms with van der Waals surface area (Å²) in [6.07, 6.45) is 1.26. The number of ether oxygens (including phenoxy) is 2. The van der Waals surface area contributed by atoms with E-state index in [4.69, 9.17) is 22.7 Å². The number of nitrogens with zero attached hydrogens (tertiary/aromatic N) is 1. The second kappa shape index (κ2) is 17.7. The first kappa shape index (κ1) is 49.2. The quantitative estimate of drug-likeness (QED) is 0.132. The van der Waals surface area contributed by atoms with E-state index in [-0.39, 0.29) is 74.5 Å². The van der Waals surface area contributed by atoms with Crippen LogP contribution in [0.25, 0.3) is 0 Å². The lowest BCUT2D eigenvalue weighted by molar-refractivity contribution is -0.0689. The van der Waals surface area contributed by atoms with Crippen LogP contribution in [0.15, 0.2) is 50.6 Å². The number of phenolic OH excluding ortho intramolecular Hbond substituents is 1. The average Bonchev–Trinajstić information content (AvgIpc) is 3.10. The molecule has 6 atom stereocenters. The Morgan fingerprint density at radius 2 is 1.49 bits per heavy atom. The van der Waals surface area contributed by atoms with Gasteiger partial charge in [0.25, 0.3) is 0 Å². The Hall–Kier alpha value is -2.45. The molecule has 0 radical (unpaired) electrons. The highest BCUT2D eigenvalue weighted by Gasteiger charge is 2.58. The van der Waals surface area contributed by atoms with Crippen molar-refractivity contribution >= 4 is 32.1 Å². The third kappa shape index (κ3) is 10.3. The Bertz CT molecular complexity index is 1980. The lowest BCUT2D eigenvalue weighted by Crippen LogP contribution is -2.54. The molecule has 3 aliphatic rings. The molecular weight excluding hydrogens is 791 g/mol. The van der Waals surface area contributed by atoms with Gasteiger partial charge in [-0.25, -0.2) is 8.57 Å². The van der Waals surface area contributed by atoms with Crippen molar-refractivity contribution in [1.82, 2.24) is 0 Å². The van der Waals surface area contributed by atoms with E-state index in [0.29, 0.717) is 28.7 Å². The maximum atomic E-state index is 16.2. The number of methoxy groups -OCH3 is 2. The van der Waals surface area contributed by atoms with E-state index in [0.717, 1.165) is 24.0 Å². The summed E-state index contributed by atoms with van der Waals surface area (Å²) in [7, 11) is -4.84. The van der Waals surface area contributed by atoms with Gasteiger partial charge in [-0.2, -0.15) is 0 Å². The van der Waals surface area contributed by atoms with Crippen molar-refractivity contribution in [2.75, 3.05) is 20.8 Å². The smallest absolute Gasteiger partial charge is 0.192 e. The van der Waals surface area contributed by atoms with Gasteiger partial charge in [-0.05, 0) is 97.2 Å². The number of ketones is 1. The van der Waals surface area contributed by atoms with Gasteiger partial charge in [0.15, 0.2) is 22.4 Å². The molecule has 2 aromatic carbocycles. The number of Topliss-reactive ketones (excluding diaryl/α,β-unsaturated/α-hetero) is 1. The van der Waals surface area contributed by atoms with Crippen LogP contribution >= 0.6 is 0 Å². The number of rotatable bonds is 16. The molecule has 2 aromatic rings. The molecule has 0 aliphatic heterocycles. The van der Waals surface area contributed by atoms with Gasteiger partial charge in [-0.15, -0.1) is 0 Å². The number of aryl methyl sites for hydroxylation is 1. The fraction of sp³-hybridized carbons (Fsp3) is 0.688. The van der Waals surface area contributed by atoms with E-state index < -0.39 is 32.5 Å². The first-order chi connectivity index (χ1) is 26.9. The summed E-state index contributed by atoms with van der Waals surface area (Å²) in [5, 5.41) is 14.3. The van der Waals surface area contributed by atoms with Crippen LogP contribution in [0.1, 0.15) is 130 Å². The van der Waals surface area contributed by atoms with Crippen LogP contribution in [0.2, 0.25) is 36.3 Å². The molecule has 0 spiro atoms. The molecule has 1 unspecified atom stereocenters. The molecule has 0 aromatic heterocycles. The van der Waals surface area contributed by atoms with Crippen molar-refractivity contribution < 1.29 is 32.4 Å². The molecule has 3 aliphatic carbocycles. The number of hydrogen-bond donors (Lipinski definition) is 1. The van der Waals surface area contributed by atoms with E-state index in [2.05, 4.69) is 95.4 Å². The minimum atomic E-state index is -3.20. The minimum Gasteiger partial charge on any atom is -0.507 e. The third-order valence-electron chi connectivity index (χ3n) is 14.4. The molecule has 8 nitrogen and oxygen atoms in total. The summed E-state index contributed by atoms with van der Waals surface area (Å²) < 4.78 is 47.7. The number of aromatic hydroxyl groups is 1. The van der Waals surface area contributed by atoms with E-state index in [1.54, 1.807) is 13.2 Å². The largest absolute Gasteiger partial charge is 0.507 e. The first-order valence-corrected chi connectivity index (χ1v) is 29.2. The van der Waals surface area contributed by atoms with E-state index in [1.807, 2.05) is 50.4 Å². The molecule has 3 fully saturated rings. The van der Waals surface area contributed by atoms with Gasteiger partial charge < -0.3 is 23.4 Å². The third-order valence-corrected chi connectivity index (χ3v) is 25.5. The summed E-state index contributed by atoms with van der Waals surface area (Å²) >= 11 is 0. The molecule has 1 N–H and O–H groups in total. The fourth-order valence-corrected chi connectivity index (χ4v) is 12.7. The zero-order valence-corrected chi connectivity index (χ0v) is 42.9. The maximum absolute atomic E-state index is 16.2. The number of phenols is 1. The first-order valence-electron chi connectivity index (χ1n) is 21.8. The van der Waals surface area contributed by atoms with E-state index >= 15 is 4.21 Å². The van der Waals surface area contributed by atoms with Gasteiger partial charge in [0, 0.05) is 23.8 Å². The predicted molar refractivity (Wildman–Crippen MR) is 249 cm³/mol. The van der Waals surface area contributed by atoms with Gasteiger partial charge >= 0.3 is 0 Å². The molecular formula is C48H79NO7SSi2. The summed E-state index contributed by atoms with van der Waals surface area (Å²) in [6.45, 7) is 37.6. The molecule has 0 heterocycles. The topological polar surface area (TPSA) is 104 Å². The Morgan fingerprint density at radius 3 is 1.97 bits per heavy atom. The van der Waals surface area contributed by atoms with Crippen molar-refractivity contribution in [3.05, 3.63) is 58.0 Å². The number of fused-ring (bicyclic) bond motifs is 2. The second-order valence-corrected chi connectivity index (χ2v) is 33.5. The molecule has 59 heavy (non-hydrogen) atoms. The highest BCUT2D eigenvalue weighted by atomic mass is 32.2. The maximum Gasteiger partial charge on any atom is 0.192 e. The summed E-state index contributed by atoms with van der Waals surface area (Å²) in [4.78, 5) is 14.6. The zero-order valence-electron chi connectivity index (χ0n) is 40.1. The number of carbonyl (C=O) groups excluding carboxylic acids is 1. The van der Waals surface area contributed by atoms with Crippen LogP contribution in [-0.4, -0.2) is 58.6 Å². The molecule has 0 amide bonds. The van der Waals surface area contributed by atoms with Gasteiger partial charge in [-0.1, -0.05) is 106 Å². The van der Waals surface area contributed by atoms with Crippen molar-refractivity contribution in [3.63, 3.8) is 0 Å². The SMILES string of the molecule is COc1cc(OC)c([C@@H](O[Si](C)(C)C(C)(C)C)[C@H]2C[C@H]3C[C@@H](/C2=C/S(=O)(=N[C@@H](CO[Si](C)(C)C(C)(C)C)C(C)C)c2ccc(C)cc2)C3(C)C)c(O)c1C(=O)CC(C)C. The molecule has 3 saturated carbocycles. The van der Waals surface area contributed by atoms with Crippen LogP contribution in [0.5, 0.6) is 17.2 Å². The highest BCUT2D eigenvalue weighted by Crippen LogP contribution is 2.66. The average molecular weight is 870 g/mol. The minimum absolute atomic E-state index is 0.0169. The summed E-state index contributed by atoms with van der Waals surface area (Å²) in [5.41, 5.74) is 2.66. The van der Waals surface area contributed by atoms with Gasteiger partial charge in [0.2, 0.25) is 0 Å². The van der Waals surface area contributed by atoms with E-state index in [9.17, 15) is 9.90 Å². The van der Waals surface area contributed by atoms with Crippen molar-refractivity contribution in [2.45, 2.75) is 163 Å². The van der Waals surface area contributed by atoms with Gasteiger partial charge in [-0.3, -0.25) is 4.79 Å². The number of hydrogen-bond acceptors (Lipinski definition) is 8. The standard InChI is InChI=1S/C48H79NO7SSi2/c1-30(2)24-39(50)42-40(53-14)27-41(54-15)43(44(42)51)45(56-59(18,19)47(9,10)11)35-25-33-26-37(48(33,12)13)36(35)29-57(52,34-22-20-32(5)21-23-34)49-38(31(3)4)28-55-58(16,17)46(6,7)8/h20-23,27,29-31,33,35,37-38,45,51H,24-26,28H2,1-19H3/b36-29+/t33-,35-,37-,38-,45-,57?/m0/s1. The molecule has 11 heteroatoms. The monoisotopic (exact) mass is 870 g/mol. The lowest BCUT2D eigenvalue weighted by Gasteiger charge is -2.61. The highest BCUT2D eigenvalue weighted by molar-refractivity contribution is 7.96. The fourth-order valence-electron chi connectivity index (χ4n) is 8.10. The van der Waals surface area contributed by atoms with Crippen LogP contribution in [-0.2, 0) is 18.6 Å². The summed E-state index contributed by atoms with van der Waals surface area (Å²) in [6, 6.07) is 9.36. The Morgan fingerprint density at radius 1 is 0.932 bits per heavy atom. The molecule has 332 valence electrons. The van der Waals surface area contributed by atoms with Gasteiger partial charge in [0.1, 0.15) is 22.8 Å². The second-order valence-electron chi connectivity index (χ2n) is 21.9. The molecule has 2 bridgehead atoms. The van der Waals surface area contributed by atoms with Crippen LogP contribution in [0.4, 0.5) is 0 Å². The van der Waals surface area contributed by atoms with Gasteiger partial charge in [0.05, 0.1) is 53.2 Å². The molecule has 0 saturated heterocycles. The van der Waals surface area contributed by atoms with Crippen LogP contribution in [0.3, 0.4) is 0 Å². The Balaban J connectivity index is 2.11. The van der Waals surface area contributed by atoms with Crippen molar-refractivity contribution in [3.8, 4) is 17.2 Å². The van der Waals surface area contributed by atoms with Crippen LogP contribution in [0, 0.1) is 41.9 Å². The molecule has 5 rings (SSSR count). The number of carbonyl (C=O) groups is 1. The predicted octanol–water partition coefficient (Wildman–Crippen LogP) is 13.1. The normalized spacial score (nSPS) is 22.5. The zero-order chi connectivity index (χ0) is 44.8. The van der Waals surface area contributed by atoms with Crippen molar-refractivity contribution in [1.29, 1.82) is 0 Å². The Kier molecular flexibility index (Phi) is 14.8. The lowest BCUT2D eigenvalue weighted by atomic mass is 9.44. The Labute approximate surface area is 361 Å².